The molecule has 0 atom stereocenters. The first-order chi connectivity index (χ1) is 11.2. The van der Waals surface area contributed by atoms with Gasteiger partial charge in [-0.15, -0.1) is 24.5 Å². The second kappa shape index (κ2) is 7.12. The number of aliphatic imine (C=N–C) groups is 1. The van der Waals surface area contributed by atoms with Gasteiger partial charge in [-0.3, -0.25) is 4.99 Å². The molecule has 0 aliphatic heterocycles. The number of nitrogens with one attached hydrogen (secondary N) is 1. The first kappa shape index (κ1) is 18.1. The van der Waals surface area contributed by atoms with Crippen LogP contribution in [0.4, 0.5) is 18.9 Å². The van der Waals surface area contributed by atoms with Crippen LogP contribution in [0.25, 0.3) is 0 Å². The Balaban J connectivity index is 2.08. The number of para-hydroxylation sites is 2. The number of nitrogens with two attached hydrogens (primary N) is 1. The Kier molecular flexibility index (Phi) is 5.38. The van der Waals surface area contributed by atoms with E-state index in [1.807, 2.05) is 31.4 Å². The summed E-state index contributed by atoms with van der Waals surface area (Å²) in [4.78, 5) is 5.39. The predicted octanol–water partition coefficient (Wildman–Crippen LogP) is 4.35. The Bertz CT molecular complexity index is 697. The van der Waals surface area contributed by atoms with Gasteiger partial charge >= 0.3 is 6.36 Å². The number of rotatable bonds is 5. The van der Waals surface area contributed by atoms with E-state index < -0.39 is 6.36 Å². The van der Waals surface area contributed by atoms with Gasteiger partial charge in [0.1, 0.15) is 0 Å². The molecule has 24 heavy (non-hydrogen) atoms. The molecule has 1 aromatic heterocycles. The Morgan fingerprint density at radius 3 is 2.54 bits per heavy atom. The van der Waals surface area contributed by atoms with Gasteiger partial charge < -0.3 is 15.8 Å². The Morgan fingerprint density at radius 1 is 1.21 bits per heavy atom. The number of benzene rings is 1. The van der Waals surface area contributed by atoms with Gasteiger partial charge in [-0.2, -0.15) is 0 Å². The number of anilines is 1. The van der Waals surface area contributed by atoms with Gasteiger partial charge in [-0.25, -0.2) is 0 Å². The van der Waals surface area contributed by atoms with E-state index in [4.69, 9.17) is 5.73 Å². The Labute approximate surface area is 142 Å². The van der Waals surface area contributed by atoms with Gasteiger partial charge in [-0.05, 0) is 23.6 Å². The van der Waals surface area contributed by atoms with Gasteiger partial charge in [-0.1, -0.05) is 32.0 Å². The van der Waals surface area contributed by atoms with Gasteiger partial charge in [0.25, 0.3) is 0 Å². The number of guanidine groups is 1. The maximum Gasteiger partial charge on any atom is 0.573 e. The number of ether oxygens (including phenoxy) is 1. The minimum atomic E-state index is -4.77. The smallest absolute Gasteiger partial charge is 0.404 e. The van der Waals surface area contributed by atoms with Crippen molar-refractivity contribution in [2.75, 3.05) is 11.9 Å². The van der Waals surface area contributed by atoms with Crippen molar-refractivity contribution in [3.8, 4) is 5.75 Å². The summed E-state index contributed by atoms with van der Waals surface area (Å²) in [5, 5.41) is 4.64. The highest BCUT2D eigenvalue weighted by molar-refractivity contribution is 7.10. The Hall–Kier alpha value is -2.22. The number of thiophene rings is 1. The lowest BCUT2D eigenvalue weighted by Crippen LogP contribution is -2.28. The van der Waals surface area contributed by atoms with Crippen LogP contribution in [0.3, 0.4) is 0 Å². The number of hydrogen-bond donors (Lipinski definition) is 2. The summed E-state index contributed by atoms with van der Waals surface area (Å²) in [6.07, 6.45) is -4.77. The summed E-state index contributed by atoms with van der Waals surface area (Å²) < 4.78 is 41.2. The molecule has 0 radical (unpaired) electrons. The van der Waals surface area contributed by atoms with E-state index in [1.54, 1.807) is 17.4 Å². The van der Waals surface area contributed by atoms with Crippen LogP contribution in [-0.4, -0.2) is 18.9 Å². The molecule has 0 aliphatic carbocycles. The van der Waals surface area contributed by atoms with Crippen molar-refractivity contribution in [1.29, 1.82) is 0 Å². The second-order valence-electron chi connectivity index (χ2n) is 5.73. The van der Waals surface area contributed by atoms with E-state index in [2.05, 4.69) is 15.0 Å². The van der Waals surface area contributed by atoms with Crippen LogP contribution in [0.15, 0.2) is 46.8 Å². The molecule has 0 saturated heterocycles. The van der Waals surface area contributed by atoms with Gasteiger partial charge in [0.05, 0.1) is 12.2 Å². The van der Waals surface area contributed by atoms with Crippen molar-refractivity contribution in [1.82, 2.24) is 0 Å². The lowest BCUT2D eigenvalue weighted by molar-refractivity contribution is -0.274. The molecule has 0 amide bonds. The van der Waals surface area contributed by atoms with Crippen LogP contribution in [0, 0.1) is 0 Å². The number of hydrogen-bond acceptors (Lipinski definition) is 3. The number of nitrogens with zero attached hydrogens (tertiary/aromatic N) is 1. The molecule has 0 aliphatic rings. The largest absolute Gasteiger partial charge is 0.573 e. The van der Waals surface area contributed by atoms with Crippen molar-refractivity contribution in [3.63, 3.8) is 0 Å². The number of alkyl halides is 3. The molecule has 2 rings (SSSR count). The third kappa shape index (κ3) is 5.16. The molecule has 3 N–H and O–H groups in total. The van der Waals surface area contributed by atoms with Gasteiger partial charge in [0, 0.05) is 10.3 Å². The molecule has 0 fully saturated rings. The standard InChI is InChI=1S/C16H18F3N3OS/c1-15(2,13-8-5-9-24-13)10-21-14(20)22-11-6-3-4-7-12(11)23-16(17,18)19/h3-9H,10H2,1-2H3,(H3,20,21,22). The average molecular weight is 357 g/mol. The highest BCUT2D eigenvalue weighted by atomic mass is 32.1. The van der Waals surface area contributed by atoms with Crippen LogP contribution in [0.2, 0.25) is 0 Å². The minimum absolute atomic E-state index is 0.0258. The lowest BCUT2D eigenvalue weighted by atomic mass is 9.92. The maximum absolute atomic E-state index is 12.4. The van der Waals surface area contributed by atoms with Crippen molar-refractivity contribution in [2.45, 2.75) is 25.6 Å². The van der Waals surface area contributed by atoms with Crippen molar-refractivity contribution in [3.05, 3.63) is 46.7 Å². The molecular weight excluding hydrogens is 339 g/mol. The molecule has 1 heterocycles. The van der Waals surface area contributed by atoms with Crippen molar-refractivity contribution < 1.29 is 17.9 Å². The second-order valence-corrected chi connectivity index (χ2v) is 6.68. The molecule has 4 nitrogen and oxygen atoms in total. The minimum Gasteiger partial charge on any atom is -0.404 e. The van der Waals surface area contributed by atoms with Gasteiger partial charge in [0.15, 0.2) is 11.7 Å². The molecular formula is C16H18F3N3OS. The summed E-state index contributed by atoms with van der Waals surface area (Å²) in [5.74, 6) is -0.335. The lowest BCUT2D eigenvalue weighted by Gasteiger charge is -2.21. The molecule has 130 valence electrons. The summed E-state index contributed by atoms with van der Waals surface area (Å²) in [5.41, 5.74) is 5.69. The fourth-order valence-electron chi connectivity index (χ4n) is 1.99. The SMILES string of the molecule is CC(C)(CN=C(N)Nc1ccccc1OC(F)(F)F)c1cccs1. The highest BCUT2D eigenvalue weighted by Gasteiger charge is 2.32. The molecule has 0 saturated carbocycles. The zero-order valence-corrected chi connectivity index (χ0v) is 14.0. The van der Waals surface area contributed by atoms with Crippen LogP contribution < -0.4 is 15.8 Å². The molecule has 2 aromatic rings. The molecule has 0 unspecified atom stereocenters. The quantitative estimate of drug-likeness (QED) is 0.618. The topological polar surface area (TPSA) is 59.6 Å². The average Bonchev–Trinajstić information content (AvgIpc) is 3.01. The fraction of sp³-hybridized carbons (Fsp3) is 0.312. The number of halogens is 3. The first-order valence-electron chi connectivity index (χ1n) is 7.13. The van der Waals surface area contributed by atoms with Crippen LogP contribution >= 0.6 is 11.3 Å². The highest BCUT2D eigenvalue weighted by Crippen LogP contribution is 2.30. The molecule has 8 heteroatoms. The third-order valence-corrected chi connectivity index (χ3v) is 4.44. The summed E-state index contributed by atoms with van der Waals surface area (Å²) in [6.45, 7) is 4.45. The third-order valence-electron chi connectivity index (χ3n) is 3.21. The Morgan fingerprint density at radius 2 is 1.92 bits per heavy atom. The van der Waals surface area contributed by atoms with E-state index in [9.17, 15) is 13.2 Å². The van der Waals surface area contributed by atoms with E-state index >= 15 is 0 Å². The monoisotopic (exact) mass is 357 g/mol. The molecule has 0 bridgehead atoms. The maximum atomic E-state index is 12.4. The van der Waals surface area contributed by atoms with E-state index in [-0.39, 0.29) is 22.8 Å². The summed E-state index contributed by atoms with van der Waals surface area (Å²) in [7, 11) is 0. The van der Waals surface area contributed by atoms with Crippen LogP contribution in [0.5, 0.6) is 5.75 Å². The van der Waals surface area contributed by atoms with Crippen molar-refractivity contribution >= 4 is 23.0 Å². The fourth-order valence-corrected chi connectivity index (χ4v) is 2.83. The molecule has 1 aromatic carbocycles. The van der Waals surface area contributed by atoms with Crippen molar-refractivity contribution in [2.24, 2.45) is 10.7 Å². The first-order valence-corrected chi connectivity index (χ1v) is 8.01. The zero-order chi connectivity index (χ0) is 17.8. The van der Waals surface area contributed by atoms with E-state index in [0.717, 1.165) is 4.88 Å². The van der Waals surface area contributed by atoms with Crippen LogP contribution in [-0.2, 0) is 5.41 Å². The van der Waals surface area contributed by atoms with E-state index in [1.165, 1.54) is 18.2 Å². The summed E-state index contributed by atoms with van der Waals surface area (Å²) >= 11 is 1.62. The molecule has 0 spiro atoms. The van der Waals surface area contributed by atoms with Gasteiger partial charge in [0.2, 0.25) is 0 Å². The summed E-state index contributed by atoms with van der Waals surface area (Å²) in [6, 6.07) is 9.63. The van der Waals surface area contributed by atoms with Crippen LogP contribution in [0.1, 0.15) is 18.7 Å². The predicted molar refractivity (Wildman–Crippen MR) is 90.6 cm³/mol. The zero-order valence-electron chi connectivity index (χ0n) is 13.2. The van der Waals surface area contributed by atoms with E-state index in [0.29, 0.717) is 6.54 Å². The normalized spacial score (nSPS) is 13.0.